The van der Waals surface area contributed by atoms with Gasteiger partial charge in [-0.3, -0.25) is 4.79 Å². The number of nitrogens with one attached hydrogen (secondary N) is 1. The molecule has 10 heavy (non-hydrogen) atoms. The van der Waals surface area contributed by atoms with E-state index in [1.807, 2.05) is 13.8 Å². The van der Waals surface area contributed by atoms with Gasteiger partial charge in [0.1, 0.15) is 0 Å². The van der Waals surface area contributed by atoms with Crippen LogP contribution in [0.15, 0.2) is 0 Å². The summed E-state index contributed by atoms with van der Waals surface area (Å²) in [5.41, 5.74) is 0. The third-order valence-corrected chi connectivity index (χ3v) is 1.05. The Morgan fingerprint density at radius 2 is 2.00 bits per heavy atom. The first-order valence-corrected chi connectivity index (χ1v) is 3.64. The van der Waals surface area contributed by atoms with Gasteiger partial charge in [-0.05, 0) is 0 Å². The topological polar surface area (TPSA) is 38.3 Å². The summed E-state index contributed by atoms with van der Waals surface area (Å²) in [4.78, 5) is 10.3. The van der Waals surface area contributed by atoms with Gasteiger partial charge in [-0.25, -0.2) is 0 Å². The first-order chi connectivity index (χ1) is 4.79. The molecule has 0 atom stereocenters. The van der Waals surface area contributed by atoms with E-state index in [-0.39, 0.29) is 11.9 Å². The van der Waals surface area contributed by atoms with Gasteiger partial charge in [-0.15, -0.1) is 0 Å². The third kappa shape index (κ3) is 3.45. The van der Waals surface area contributed by atoms with Crippen LogP contribution in [0.1, 0.15) is 20.8 Å². The smallest absolute Gasteiger partial charge is 0.217 e. The van der Waals surface area contributed by atoms with E-state index in [1.54, 1.807) is 0 Å². The molecule has 1 rings (SSSR count). The predicted molar refractivity (Wildman–Crippen MR) is 39.8 cm³/mol. The van der Waals surface area contributed by atoms with E-state index in [0.29, 0.717) is 13.2 Å². The minimum atomic E-state index is 0.0262. The summed E-state index contributed by atoms with van der Waals surface area (Å²) < 4.78 is 4.82. The molecule has 60 valence electrons. The Kier molecular flexibility index (Phi) is 4.94. The van der Waals surface area contributed by atoms with E-state index in [4.69, 9.17) is 4.74 Å². The van der Waals surface area contributed by atoms with Gasteiger partial charge in [0.25, 0.3) is 0 Å². The van der Waals surface area contributed by atoms with Crippen molar-refractivity contribution >= 4 is 5.91 Å². The van der Waals surface area contributed by atoms with Crippen molar-refractivity contribution in [2.24, 2.45) is 0 Å². The van der Waals surface area contributed by atoms with Crippen LogP contribution in [0.4, 0.5) is 0 Å². The van der Waals surface area contributed by atoms with E-state index < -0.39 is 0 Å². The molecule has 1 saturated heterocycles. The molecule has 0 aromatic rings. The molecule has 0 aliphatic carbocycles. The Hall–Kier alpha value is -0.570. The lowest BCUT2D eigenvalue weighted by Gasteiger charge is -2.25. The van der Waals surface area contributed by atoms with Crippen LogP contribution in [0.2, 0.25) is 0 Å². The van der Waals surface area contributed by atoms with Crippen LogP contribution >= 0.6 is 0 Å². The maximum absolute atomic E-state index is 10.3. The maximum Gasteiger partial charge on any atom is 0.217 e. The molecule has 1 fully saturated rings. The molecule has 3 nitrogen and oxygen atoms in total. The van der Waals surface area contributed by atoms with Crippen molar-refractivity contribution < 1.29 is 9.53 Å². The summed E-state index contributed by atoms with van der Waals surface area (Å²) in [6, 6.07) is 0.285. The summed E-state index contributed by atoms with van der Waals surface area (Å²) in [5.74, 6) is 0.0262. The summed E-state index contributed by atoms with van der Waals surface area (Å²) in [5, 5.41) is 2.72. The Morgan fingerprint density at radius 3 is 2.10 bits per heavy atom. The fraction of sp³-hybridized carbons (Fsp3) is 0.857. The molecule has 0 saturated carbocycles. The molecular weight excluding hydrogens is 130 g/mol. The lowest BCUT2D eigenvalue weighted by atomic mass is 10.2. The lowest BCUT2D eigenvalue weighted by molar-refractivity contribution is -0.123. The summed E-state index contributed by atoms with van der Waals surface area (Å²) in [6.07, 6.45) is 0. The number of carbonyl (C=O) groups is 1. The zero-order valence-corrected chi connectivity index (χ0v) is 6.81. The molecule has 0 unspecified atom stereocenters. The van der Waals surface area contributed by atoms with Crippen LogP contribution in [0, 0.1) is 0 Å². The molecule has 1 heterocycles. The van der Waals surface area contributed by atoms with Gasteiger partial charge in [0, 0.05) is 6.92 Å². The van der Waals surface area contributed by atoms with Gasteiger partial charge in [0.15, 0.2) is 0 Å². The Labute approximate surface area is 61.8 Å². The van der Waals surface area contributed by atoms with E-state index in [0.717, 1.165) is 0 Å². The molecule has 1 N–H and O–H groups in total. The maximum atomic E-state index is 10.3. The zero-order valence-electron chi connectivity index (χ0n) is 6.81. The SMILES string of the molecule is CC.CC(=O)NC1COC1. The van der Waals surface area contributed by atoms with Gasteiger partial charge in [-0.2, -0.15) is 0 Å². The summed E-state index contributed by atoms with van der Waals surface area (Å²) in [6.45, 7) is 6.87. The fourth-order valence-electron chi connectivity index (χ4n) is 0.606. The number of rotatable bonds is 1. The highest BCUT2D eigenvalue weighted by molar-refractivity contribution is 5.73. The number of carbonyl (C=O) groups excluding carboxylic acids is 1. The van der Waals surface area contributed by atoms with Crippen molar-refractivity contribution in [1.82, 2.24) is 5.32 Å². The van der Waals surface area contributed by atoms with Crippen LogP contribution in [0.5, 0.6) is 0 Å². The van der Waals surface area contributed by atoms with Gasteiger partial charge < -0.3 is 10.1 Å². The predicted octanol–water partition coefficient (Wildman–Crippen LogP) is 0.547. The lowest BCUT2D eigenvalue weighted by Crippen LogP contribution is -2.47. The normalized spacial score (nSPS) is 16.3. The standard InChI is InChI=1S/C5H9NO2.C2H6/c1-4(7)6-5-2-8-3-5;1-2/h5H,2-3H2,1H3,(H,6,7);1-2H3. The number of hydrogen-bond acceptors (Lipinski definition) is 2. The van der Waals surface area contributed by atoms with Crippen molar-refractivity contribution in [3.05, 3.63) is 0 Å². The Morgan fingerprint density at radius 1 is 1.50 bits per heavy atom. The minimum Gasteiger partial charge on any atom is -0.377 e. The monoisotopic (exact) mass is 145 g/mol. The van der Waals surface area contributed by atoms with E-state index in [9.17, 15) is 4.79 Å². The highest BCUT2D eigenvalue weighted by atomic mass is 16.5. The van der Waals surface area contributed by atoms with Crippen LogP contribution in [-0.4, -0.2) is 25.2 Å². The first-order valence-electron chi connectivity index (χ1n) is 3.64. The molecule has 1 aliphatic rings. The summed E-state index contributed by atoms with van der Waals surface area (Å²) >= 11 is 0. The molecule has 0 aromatic heterocycles. The largest absolute Gasteiger partial charge is 0.377 e. The van der Waals surface area contributed by atoms with Crippen molar-refractivity contribution in [2.45, 2.75) is 26.8 Å². The second-order valence-electron chi connectivity index (χ2n) is 1.93. The molecule has 3 heteroatoms. The molecule has 0 aromatic carbocycles. The fourth-order valence-corrected chi connectivity index (χ4v) is 0.606. The van der Waals surface area contributed by atoms with Crippen molar-refractivity contribution in [1.29, 1.82) is 0 Å². The quantitative estimate of drug-likeness (QED) is 0.585. The molecule has 0 bridgehead atoms. The average Bonchev–Trinajstić information content (AvgIpc) is 1.84. The molecular formula is C7H15NO2. The first kappa shape index (κ1) is 9.43. The van der Waals surface area contributed by atoms with Gasteiger partial charge in [0.05, 0.1) is 19.3 Å². The highest BCUT2D eigenvalue weighted by Gasteiger charge is 2.17. The van der Waals surface area contributed by atoms with Crippen LogP contribution in [0.3, 0.4) is 0 Å². The molecule has 1 amide bonds. The van der Waals surface area contributed by atoms with E-state index in [1.165, 1.54) is 6.92 Å². The van der Waals surface area contributed by atoms with Crippen molar-refractivity contribution in [3.63, 3.8) is 0 Å². The number of amides is 1. The van der Waals surface area contributed by atoms with Crippen molar-refractivity contribution in [2.75, 3.05) is 13.2 Å². The van der Waals surface area contributed by atoms with Gasteiger partial charge >= 0.3 is 0 Å². The van der Waals surface area contributed by atoms with Gasteiger partial charge in [-0.1, -0.05) is 13.8 Å². The van der Waals surface area contributed by atoms with Crippen molar-refractivity contribution in [3.8, 4) is 0 Å². The third-order valence-electron chi connectivity index (χ3n) is 1.05. The highest BCUT2D eigenvalue weighted by Crippen LogP contribution is 1.97. The van der Waals surface area contributed by atoms with Crippen LogP contribution in [0.25, 0.3) is 0 Å². The molecule has 0 spiro atoms. The second-order valence-corrected chi connectivity index (χ2v) is 1.93. The second kappa shape index (κ2) is 5.23. The Balaban J connectivity index is 0.000000371. The van der Waals surface area contributed by atoms with Crippen LogP contribution in [-0.2, 0) is 9.53 Å². The molecule has 0 radical (unpaired) electrons. The van der Waals surface area contributed by atoms with E-state index in [2.05, 4.69) is 5.32 Å². The number of hydrogen-bond donors (Lipinski definition) is 1. The van der Waals surface area contributed by atoms with Crippen LogP contribution < -0.4 is 5.32 Å². The van der Waals surface area contributed by atoms with E-state index >= 15 is 0 Å². The average molecular weight is 145 g/mol. The number of ether oxygens (including phenoxy) is 1. The Bertz CT molecular complexity index is 99.8. The van der Waals surface area contributed by atoms with Gasteiger partial charge in [0.2, 0.25) is 5.91 Å². The zero-order chi connectivity index (χ0) is 7.98. The minimum absolute atomic E-state index is 0.0262. The summed E-state index contributed by atoms with van der Waals surface area (Å²) in [7, 11) is 0. The molecule has 1 aliphatic heterocycles.